The zero-order chi connectivity index (χ0) is 12.7. The van der Waals surface area contributed by atoms with Crippen LogP contribution < -0.4 is 0 Å². The molecule has 1 aliphatic heterocycles. The summed E-state index contributed by atoms with van der Waals surface area (Å²) in [7, 11) is 0. The summed E-state index contributed by atoms with van der Waals surface area (Å²) in [5, 5.41) is 8.86. The first-order chi connectivity index (χ1) is 8.68. The maximum absolute atomic E-state index is 12.5. The molecular formula is C13H15N3OS. The van der Waals surface area contributed by atoms with E-state index < -0.39 is 0 Å². The van der Waals surface area contributed by atoms with Crippen molar-refractivity contribution in [1.82, 2.24) is 15.1 Å². The molecule has 0 radical (unpaired) electrons. The minimum atomic E-state index is 0.0746. The second kappa shape index (κ2) is 4.24. The number of hydrogen-bond acceptors (Lipinski definition) is 3. The Morgan fingerprint density at radius 1 is 1.61 bits per heavy atom. The van der Waals surface area contributed by atoms with Gasteiger partial charge in [-0.25, -0.2) is 0 Å². The molecule has 18 heavy (non-hydrogen) atoms. The van der Waals surface area contributed by atoms with Gasteiger partial charge in [0, 0.05) is 17.1 Å². The van der Waals surface area contributed by atoms with Gasteiger partial charge in [-0.05, 0) is 37.3 Å². The zero-order valence-electron chi connectivity index (χ0n) is 10.4. The van der Waals surface area contributed by atoms with Gasteiger partial charge in [0.25, 0.3) is 5.91 Å². The molecule has 0 saturated carbocycles. The Hall–Kier alpha value is -1.62. The first-order valence-corrected chi connectivity index (χ1v) is 6.93. The van der Waals surface area contributed by atoms with E-state index in [0.29, 0.717) is 5.56 Å². The molecule has 0 bridgehead atoms. The van der Waals surface area contributed by atoms with Gasteiger partial charge in [0.2, 0.25) is 0 Å². The molecule has 1 N–H and O–H groups in total. The number of aromatic amines is 1. The van der Waals surface area contributed by atoms with Gasteiger partial charge in [0.05, 0.1) is 17.8 Å². The number of aromatic nitrogens is 2. The lowest BCUT2D eigenvalue weighted by molar-refractivity contribution is 0.0678. The molecule has 4 nitrogen and oxygen atoms in total. The van der Waals surface area contributed by atoms with Crippen LogP contribution in [0.25, 0.3) is 0 Å². The van der Waals surface area contributed by atoms with Crippen LogP contribution >= 0.6 is 11.3 Å². The second-order valence-electron chi connectivity index (χ2n) is 4.63. The summed E-state index contributed by atoms with van der Waals surface area (Å²) in [5.74, 6) is 0.0746. The normalized spacial score (nSPS) is 18.8. The molecule has 1 unspecified atom stereocenters. The highest BCUT2D eigenvalue weighted by Crippen LogP contribution is 2.33. The van der Waals surface area contributed by atoms with Crippen molar-refractivity contribution in [3.8, 4) is 0 Å². The van der Waals surface area contributed by atoms with Crippen LogP contribution in [0.2, 0.25) is 0 Å². The monoisotopic (exact) mass is 261 g/mol. The molecule has 1 atom stereocenters. The summed E-state index contributed by atoms with van der Waals surface area (Å²) in [5.41, 5.74) is 2.81. The molecule has 1 aliphatic rings. The number of rotatable bonds is 1. The van der Waals surface area contributed by atoms with E-state index in [0.717, 1.165) is 18.7 Å². The molecule has 0 fully saturated rings. The van der Waals surface area contributed by atoms with E-state index >= 15 is 0 Å². The third-order valence-corrected chi connectivity index (χ3v) is 4.59. The summed E-state index contributed by atoms with van der Waals surface area (Å²) in [6.45, 7) is 4.76. The molecule has 3 heterocycles. The van der Waals surface area contributed by atoms with Crippen molar-refractivity contribution in [3.63, 3.8) is 0 Å². The van der Waals surface area contributed by atoms with E-state index in [-0.39, 0.29) is 11.9 Å². The minimum Gasteiger partial charge on any atom is -0.331 e. The van der Waals surface area contributed by atoms with Crippen LogP contribution in [0.4, 0.5) is 0 Å². The van der Waals surface area contributed by atoms with Crippen molar-refractivity contribution >= 4 is 17.2 Å². The summed E-state index contributed by atoms with van der Waals surface area (Å²) in [6.07, 6.45) is 2.58. The number of fused-ring (bicyclic) bond motifs is 1. The third-order valence-electron chi connectivity index (χ3n) is 3.60. The first-order valence-electron chi connectivity index (χ1n) is 6.05. The number of thiophene rings is 1. The zero-order valence-corrected chi connectivity index (χ0v) is 11.3. The van der Waals surface area contributed by atoms with E-state index in [1.54, 1.807) is 17.5 Å². The van der Waals surface area contributed by atoms with E-state index in [4.69, 9.17) is 0 Å². The Balaban J connectivity index is 1.91. The third kappa shape index (κ3) is 1.66. The highest BCUT2D eigenvalue weighted by Gasteiger charge is 2.29. The van der Waals surface area contributed by atoms with Gasteiger partial charge in [-0.3, -0.25) is 9.89 Å². The lowest BCUT2D eigenvalue weighted by Crippen LogP contribution is -2.38. The van der Waals surface area contributed by atoms with Crippen molar-refractivity contribution < 1.29 is 4.79 Å². The predicted molar refractivity (Wildman–Crippen MR) is 70.8 cm³/mol. The number of hydrogen-bond donors (Lipinski definition) is 1. The van der Waals surface area contributed by atoms with Crippen LogP contribution in [-0.4, -0.2) is 27.5 Å². The molecule has 2 aromatic rings. The van der Waals surface area contributed by atoms with Crippen molar-refractivity contribution in [2.24, 2.45) is 0 Å². The lowest BCUT2D eigenvalue weighted by Gasteiger charge is -2.33. The molecule has 3 rings (SSSR count). The summed E-state index contributed by atoms with van der Waals surface area (Å²) in [4.78, 5) is 15.8. The van der Waals surface area contributed by atoms with E-state index in [1.807, 2.05) is 11.8 Å². The molecule has 1 amide bonds. The number of carbonyl (C=O) groups excluding carboxylic acids is 1. The average molecular weight is 261 g/mol. The molecule has 94 valence electrons. The molecule has 0 aromatic carbocycles. The largest absolute Gasteiger partial charge is 0.331 e. The average Bonchev–Trinajstić information content (AvgIpc) is 2.97. The van der Waals surface area contributed by atoms with Gasteiger partial charge in [-0.1, -0.05) is 0 Å². The van der Waals surface area contributed by atoms with Gasteiger partial charge in [-0.15, -0.1) is 11.3 Å². The Labute approximate surface area is 110 Å². The second-order valence-corrected chi connectivity index (χ2v) is 5.63. The van der Waals surface area contributed by atoms with Crippen LogP contribution in [0.5, 0.6) is 0 Å². The Morgan fingerprint density at radius 2 is 2.44 bits per heavy atom. The van der Waals surface area contributed by atoms with E-state index in [9.17, 15) is 4.79 Å². The molecule has 5 heteroatoms. The van der Waals surface area contributed by atoms with Crippen LogP contribution in [0, 0.1) is 6.92 Å². The standard InChI is InChI=1S/C13H15N3OS/c1-8-11(7-14-15-8)13(17)16-5-3-12-10(9(16)2)4-6-18-12/h4,6-7,9H,3,5H2,1-2H3,(H,14,15). The van der Waals surface area contributed by atoms with Crippen molar-refractivity contribution in [1.29, 1.82) is 0 Å². The Morgan fingerprint density at radius 3 is 3.17 bits per heavy atom. The van der Waals surface area contributed by atoms with Gasteiger partial charge < -0.3 is 4.90 Å². The fraction of sp³-hybridized carbons (Fsp3) is 0.385. The van der Waals surface area contributed by atoms with Crippen LogP contribution in [0.3, 0.4) is 0 Å². The summed E-state index contributed by atoms with van der Waals surface area (Å²) in [6, 6.07) is 2.29. The highest BCUT2D eigenvalue weighted by molar-refractivity contribution is 7.10. The molecule has 0 aliphatic carbocycles. The smallest absolute Gasteiger partial charge is 0.257 e. The maximum Gasteiger partial charge on any atom is 0.257 e. The fourth-order valence-electron chi connectivity index (χ4n) is 2.51. The molecular weight excluding hydrogens is 246 g/mol. The molecule has 0 spiro atoms. The minimum absolute atomic E-state index is 0.0746. The molecule has 0 saturated heterocycles. The van der Waals surface area contributed by atoms with Crippen LogP contribution in [0.15, 0.2) is 17.6 Å². The predicted octanol–water partition coefficient (Wildman–Crippen LogP) is 2.54. The van der Waals surface area contributed by atoms with Crippen molar-refractivity contribution in [3.05, 3.63) is 39.3 Å². The number of amides is 1. The quantitative estimate of drug-likeness (QED) is 0.857. The SMILES string of the molecule is Cc1[nH]ncc1C(=O)N1CCc2sccc2C1C. The topological polar surface area (TPSA) is 49.0 Å². The number of aryl methyl sites for hydroxylation is 1. The van der Waals surface area contributed by atoms with E-state index in [2.05, 4.69) is 28.6 Å². The maximum atomic E-state index is 12.5. The van der Waals surface area contributed by atoms with Crippen molar-refractivity contribution in [2.75, 3.05) is 6.54 Å². The molecule has 2 aromatic heterocycles. The number of nitrogens with one attached hydrogen (secondary N) is 1. The first kappa shape index (κ1) is 11.5. The summed E-state index contributed by atoms with van der Waals surface area (Å²) < 4.78 is 0. The van der Waals surface area contributed by atoms with Gasteiger partial charge in [-0.2, -0.15) is 5.10 Å². The lowest BCUT2D eigenvalue weighted by atomic mass is 10.0. The Kier molecular flexibility index (Phi) is 2.70. The number of carbonyl (C=O) groups is 1. The van der Waals surface area contributed by atoms with Crippen molar-refractivity contribution in [2.45, 2.75) is 26.3 Å². The fourth-order valence-corrected chi connectivity index (χ4v) is 3.47. The van der Waals surface area contributed by atoms with Crippen LogP contribution in [-0.2, 0) is 6.42 Å². The van der Waals surface area contributed by atoms with Gasteiger partial charge in [0.15, 0.2) is 0 Å². The van der Waals surface area contributed by atoms with Crippen LogP contribution in [0.1, 0.15) is 39.5 Å². The summed E-state index contributed by atoms with van der Waals surface area (Å²) >= 11 is 1.79. The van der Waals surface area contributed by atoms with Gasteiger partial charge in [0.1, 0.15) is 0 Å². The van der Waals surface area contributed by atoms with E-state index in [1.165, 1.54) is 10.4 Å². The number of nitrogens with zero attached hydrogens (tertiary/aromatic N) is 2. The van der Waals surface area contributed by atoms with Gasteiger partial charge >= 0.3 is 0 Å². The number of H-pyrrole nitrogens is 1. The Bertz CT molecular complexity index is 587. The highest BCUT2D eigenvalue weighted by atomic mass is 32.1.